The lowest BCUT2D eigenvalue weighted by molar-refractivity contribution is -0.148. The van der Waals surface area contributed by atoms with Gasteiger partial charge in [-0.1, -0.05) is 11.3 Å². The van der Waals surface area contributed by atoms with Crippen LogP contribution in [0.4, 0.5) is 0 Å². The zero-order valence-electron chi connectivity index (χ0n) is 18.2. The highest BCUT2D eigenvalue weighted by molar-refractivity contribution is 8.00. The Kier molecular flexibility index (Phi) is 4.66. The fourth-order valence-electron chi connectivity index (χ4n) is 7.07. The number of hydrogen-bond acceptors (Lipinski definition) is 8. The van der Waals surface area contributed by atoms with Crippen molar-refractivity contribution in [1.29, 1.82) is 0 Å². The number of carbonyl (C=O) groups excluding carboxylic acids is 3. The second-order valence-electron chi connectivity index (χ2n) is 9.73. The number of thioether (sulfide) groups is 1. The summed E-state index contributed by atoms with van der Waals surface area (Å²) in [6.45, 7) is 1.74. The van der Waals surface area contributed by atoms with E-state index in [0.29, 0.717) is 26.3 Å². The van der Waals surface area contributed by atoms with Gasteiger partial charge in [0.1, 0.15) is 12.3 Å². The first-order valence-corrected chi connectivity index (χ1v) is 13.4. The topological polar surface area (TPSA) is 113 Å². The van der Waals surface area contributed by atoms with Gasteiger partial charge in [0.2, 0.25) is 17.7 Å². The first-order chi connectivity index (χ1) is 16.5. The number of hydrogen-bond donors (Lipinski definition) is 1. The van der Waals surface area contributed by atoms with E-state index in [-0.39, 0.29) is 64.0 Å². The second-order valence-corrected chi connectivity index (χ2v) is 11.9. The van der Waals surface area contributed by atoms with Crippen LogP contribution in [-0.4, -0.2) is 70.6 Å². The van der Waals surface area contributed by atoms with Crippen molar-refractivity contribution in [2.24, 2.45) is 29.6 Å². The van der Waals surface area contributed by atoms with E-state index in [4.69, 9.17) is 9.15 Å². The number of imide groups is 1. The molecule has 9 nitrogen and oxygen atoms in total. The number of likely N-dealkylation sites (tertiary alicyclic amines) is 1. The minimum atomic E-state index is -0.397. The third kappa shape index (κ3) is 2.83. The van der Waals surface area contributed by atoms with Crippen LogP contribution in [0.2, 0.25) is 0 Å². The van der Waals surface area contributed by atoms with Gasteiger partial charge >= 0.3 is 4.87 Å². The van der Waals surface area contributed by atoms with E-state index in [1.165, 1.54) is 16.2 Å². The number of thiazole rings is 1. The molecule has 0 aromatic carbocycles. The molecular weight excluding hydrogens is 478 g/mol. The number of nitrogens with zero attached hydrogens (tertiary/aromatic N) is 2. The average molecular weight is 502 g/mol. The molecule has 2 bridgehead atoms. The number of H-pyrrole nitrogens is 1. The summed E-state index contributed by atoms with van der Waals surface area (Å²) < 4.78 is 11.1. The molecule has 2 saturated heterocycles. The third-order valence-corrected chi connectivity index (χ3v) is 10.9. The largest absolute Gasteiger partial charge is 0.469 e. The average Bonchev–Trinajstić information content (AvgIpc) is 3.65. The Hall–Kier alpha value is -2.37. The van der Waals surface area contributed by atoms with Crippen LogP contribution in [0.25, 0.3) is 0 Å². The molecule has 178 valence electrons. The summed E-state index contributed by atoms with van der Waals surface area (Å²) in [7, 11) is 0. The number of carbonyl (C=O) groups is 3. The predicted molar refractivity (Wildman–Crippen MR) is 121 cm³/mol. The van der Waals surface area contributed by atoms with Crippen molar-refractivity contribution in [3.05, 3.63) is 38.7 Å². The molecule has 5 heterocycles. The van der Waals surface area contributed by atoms with Crippen LogP contribution in [0.3, 0.4) is 0 Å². The Morgan fingerprint density at radius 3 is 2.62 bits per heavy atom. The van der Waals surface area contributed by atoms with Gasteiger partial charge in [-0.2, -0.15) is 0 Å². The standard InChI is InChI=1S/C23H23N3O6S2/c27-13(25-3-6-31-7-4-25)9-26-21(28)15-10-8-11(16(15)22(26)29)18-14(10)17(12-2-1-5-32-12)19-20(33-18)24-23(30)34-19/h1-2,5,10-11,14-18H,3-4,6-9H2,(H,24,30)/t10?,11?,14?,15?,16?,17-,18?/m1/s1. The number of fused-ring (bicyclic) bond motifs is 9. The quantitative estimate of drug-likeness (QED) is 0.632. The minimum absolute atomic E-state index is 0.0212. The van der Waals surface area contributed by atoms with Crippen molar-refractivity contribution in [3.8, 4) is 0 Å². The molecule has 4 fully saturated rings. The molecule has 7 rings (SSSR count). The highest BCUT2D eigenvalue weighted by Crippen LogP contribution is 2.68. The molecule has 3 aliphatic heterocycles. The van der Waals surface area contributed by atoms with Gasteiger partial charge in [-0.05, 0) is 36.3 Å². The highest BCUT2D eigenvalue weighted by Gasteiger charge is 2.69. The summed E-state index contributed by atoms with van der Waals surface area (Å²) in [5.41, 5.74) is 0. The Bertz CT molecular complexity index is 1230. The van der Waals surface area contributed by atoms with Crippen LogP contribution >= 0.6 is 23.1 Å². The van der Waals surface area contributed by atoms with Gasteiger partial charge in [0, 0.05) is 18.3 Å². The van der Waals surface area contributed by atoms with E-state index < -0.39 is 5.92 Å². The van der Waals surface area contributed by atoms with Crippen molar-refractivity contribution in [1.82, 2.24) is 14.8 Å². The van der Waals surface area contributed by atoms with Crippen molar-refractivity contribution in [2.45, 2.75) is 22.6 Å². The lowest BCUT2D eigenvalue weighted by Gasteiger charge is -2.42. The Labute approximate surface area is 202 Å². The normalized spacial score (nSPS) is 36.1. The number of furan rings is 1. The number of amides is 3. The van der Waals surface area contributed by atoms with Crippen LogP contribution in [0.15, 0.2) is 32.6 Å². The summed E-state index contributed by atoms with van der Waals surface area (Å²) >= 11 is 2.85. The second kappa shape index (κ2) is 7.56. The molecule has 6 unspecified atom stereocenters. The van der Waals surface area contributed by atoms with Gasteiger partial charge in [0.25, 0.3) is 0 Å². The molecular formula is C23H23N3O6S2. The molecule has 1 N–H and O–H groups in total. The van der Waals surface area contributed by atoms with E-state index in [0.717, 1.165) is 22.1 Å². The molecule has 7 atom stereocenters. The molecule has 5 aliphatic rings. The van der Waals surface area contributed by atoms with Gasteiger partial charge in [-0.15, -0.1) is 11.8 Å². The summed E-state index contributed by atoms with van der Waals surface area (Å²) in [6.07, 6.45) is 2.46. The maximum atomic E-state index is 13.5. The van der Waals surface area contributed by atoms with Gasteiger partial charge < -0.3 is 19.0 Å². The van der Waals surface area contributed by atoms with Gasteiger partial charge in [0.15, 0.2) is 0 Å². The number of morpholine rings is 1. The van der Waals surface area contributed by atoms with Gasteiger partial charge in [-0.25, -0.2) is 0 Å². The van der Waals surface area contributed by atoms with Gasteiger partial charge in [0.05, 0.1) is 47.1 Å². The zero-order chi connectivity index (χ0) is 23.1. The SMILES string of the molecule is O=C(CN1C(=O)C2C3CC(C2C1=O)C1C3Sc2[nH]c(=O)sc2[C@@H]1c1ccco1)N1CCOCC1. The summed E-state index contributed by atoms with van der Waals surface area (Å²) in [5, 5.41) is 0.976. The molecule has 2 aromatic heterocycles. The smallest absolute Gasteiger partial charge is 0.305 e. The maximum Gasteiger partial charge on any atom is 0.305 e. The molecule has 34 heavy (non-hydrogen) atoms. The number of nitrogens with one attached hydrogen (secondary N) is 1. The summed E-state index contributed by atoms with van der Waals surface area (Å²) in [4.78, 5) is 58.8. The molecule has 2 aliphatic carbocycles. The van der Waals surface area contributed by atoms with Crippen molar-refractivity contribution in [3.63, 3.8) is 0 Å². The molecule has 0 spiro atoms. The van der Waals surface area contributed by atoms with E-state index in [1.807, 2.05) is 12.1 Å². The summed E-state index contributed by atoms with van der Waals surface area (Å²) in [5.74, 6) is -0.534. The monoisotopic (exact) mass is 501 g/mol. The number of aromatic amines is 1. The van der Waals surface area contributed by atoms with Gasteiger partial charge in [-0.3, -0.25) is 24.1 Å². The van der Waals surface area contributed by atoms with Crippen molar-refractivity contribution in [2.75, 3.05) is 32.8 Å². The molecule has 2 saturated carbocycles. The number of aromatic nitrogens is 1. The predicted octanol–water partition coefficient (Wildman–Crippen LogP) is 1.36. The number of rotatable bonds is 3. The molecule has 0 radical (unpaired) electrons. The lowest BCUT2D eigenvalue weighted by atomic mass is 9.69. The van der Waals surface area contributed by atoms with Crippen molar-refractivity contribution >= 4 is 40.8 Å². The van der Waals surface area contributed by atoms with Crippen LogP contribution < -0.4 is 4.87 Å². The lowest BCUT2D eigenvalue weighted by Crippen LogP contribution is -2.47. The zero-order valence-corrected chi connectivity index (χ0v) is 19.8. The fourth-order valence-corrected chi connectivity index (χ4v) is 9.94. The molecule has 11 heteroatoms. The Morgan fingerprint density at radius 2 is 1.88 bits per heavy atom. The van der Waals surface area contributed by atoms with E-state index >= 15 is 0 Å². The van der Waals surface area contributed by atoms with Crippen LogP contribution in [0, 0.1) is 29.6 Å². The maximum absolute atomic E-state index is 13.5. The molecule has 2 aromatic rings. The van der Waals surface area contributed by atoms with E-state index in [1.54, 1.807) is 22.9 Å². The third-order valence-electron chi connectivity index (χ3n) is 8.32. The van der Waals surface area contributed by atoms with Crippen LogP contribution in [0.5, 0.6) is 0 Å². The Morgan fingerprint density at radius 1 is 1.12 bits per heavy atom. The first-order valence-electron chi connectivity index (χ1n) is 11.7. The van der Waals surface area contributed by atoms with E-state index in [2.05, 4.69) is 4.98 Å². The fraction of sp³-hybridized carbons (Fsp3) is 0.565. The van der Waals surface area contributed by atoms with E-state index in [9.17, 15) is 19.2 Å². The van der Waals surface area contributed by atoms with Crippen LogP contribution in [0.1, 0.15) is 23.0 Å². The molecule has 3 amide bonds. The number of ether oxygens (including phenoxy) is 1. The summed E-state index contributed by atoms with van der Waals surface area (Å²) in [6, 6.07) is 3.78. The minimum Gasteiger partial charge on any atom is -0.469 e. The van der Waals surface area contributed by atoms with Crippen LogP contribution in [-0.2, 0) is 19.1 Å². The Balaban J connectivity index is 1.21. The highest BCUT2D eigenvalue weighted by atomic mass is 32.2. The first kappa shape index (κ1) is 21.0. The van der Waals surface area contributed by atoms with Crippen molar-refractivity contribution < 1.29 is 23.5 Å².